The van der Waals surface area contributed by atoms with Gasteiger partial charge in [0.25, 0.3) is 0 Å². The molecule has 0 amide bonds. The standard InChI is InChI=1S/C15H24N2O3S/c1-10-7-13(20-4)8-11(2)15(10)21(18,19)17(3)14(9-16)12-5-6-12/h7-8,12,14H,5-6,9,16H2,1-4H3. The number of sulfonamides is 1. The van der Waals surface area contributed by atoms with Crippen molar-refractivity contribution in [3.8, 4) is 5.75 Å². The first kappa shape index (κ1) is 16.3. The van der Waals surface area contributed by atoms with E-state index < -0.39 is 10.0 Å². The number of ether oxygens (including phenoxy) is 1. The van der Waals surface area contributed by atoms with Gasteiger partial charge in [0.15, 0.2) is 0 Å². The summed E-state index contributed by atoms with van der Waals surface area (Å²) in [6.45, 7) is 3.95. The zero-order valence-corrected chi connectivity index (χ0v) is 13.9. The molecule has 2 rings (SSSR count). The van der Waals surface area contributed by atoms with Gasteiger partial charge in [0, 0.05) is 19.6 Å². The molecule has 1 aromatic rings. The number of aryl methyl sites for hydroxylation is 2. The topological polar surface area (TPSA) is 72.6 Å². The van der Waals surface area contributed by atoms with Crippen LogP contribution in [0.2, 0.25) is 0 Å². The van der Waals surface area contributed by atoms with Crippen LogP contribution in [0.25, 0.3) is 0 Å². The summed E-state index contributed by atoms with van der Waals surface area (Å²) in [5.74, 6) is 1.07. The normalized spacial score (nSPS) is 17.0. The molecule has 0 saturated heterocycles. The fraction of sp³-hybridized carbons (Fsp3) is 0.600. The molecule has 0 bridgehead atoms. The lowest BCUT2D eigenvalue weighted by Gasteiger charge is -2.28. The van der Waals surface area contributed by atoms with Crippen molar-refractivity contribution in [1.29, 1.82) is 0 Å². The first-order valence-corrected chi connectivity index (χ1v) is 8.60. The van der Waals surface area contributed by atoms with E-state index in [1.165, 1.54) is 4.31 Å². The highest BCUT2D eigenvalue weighted by Gasteiger charge is 2.39. The largest absolute Gasteiger partial charge is 0.497 e. The summed E-state index contributed by atoms with van der Waals surface area (Å²) in [5.41, 5.74) is 7.18. The molecule has 1 saturated carbocycles. The summed E-state index contributed by atoms with van der Waals surface area (Å²) in [6, 6.07) is 3.39. The number of hydrogen-bond donors (Lipinski definition) is 1. The van der Waals surface area contributed by atoms with Gasteiger partial charge >= 0.3 is 0 Å². The number of nitrogens with two attached hydrogens (primary N) is 1. The van der Waals surface area contributed by atoms with Crippen LogP contribution in [-0.4, -0.2) is 39.5 Å². The predicted octanol–water partition coefficient (Wildman–Crippen LogP) is 1.67. The Morgan fingerprint density at radius 2 is 1.86 bits per heavy atom. The highest BCUT2D eigenvalue weighted by Crippen LogP contribution is 2.37. The molecule has 21 heavy (non-hydrogen) atoms. The Kier molecular flexibility index (Phi) is 4.60. The third-order valence-electron chi connectivity index (χ3n) is 4.18. The Bertz CT molecular complexity index is 601. The molecule has 1 atom stereocenters. The lowest BCUT2D eigenvalue weighted by atomic mass is 10.1. The zero-order chi connectivity index (χ0) is 15.8. The molecule has 2 N–H and O–H groups in total. The Balaban J connectivity index is 2.43. The van der Waals surface area contributed by atoms with Crippen molar-refractivity contribution in [3.63, 3.8) is 0 Å². The van der Waals surface area contributed by atoms with Crippen molar-refractivity contribution in [3.05, 3.63) is 23.3 Å². The van der Waals surface area contributed by atoms with E-state index in [1.807, 2.05) is 0 Å². The van der Waals surface area contributed by atoms with Crippen LogP contribution >= 0.6 is 0 Å². The van der Waals surface area contributed by atoms with Crippen molar-refractivity contribution >= 4 is 10.0 Å². The summed E-state index contributed by atoms with van der Waals surface area (Å²) in [7, 11) is -0.335. The number of hydrogen-bond acceptors (Lipinski definition) is 4. The van der Waals surface area contributed by atoms with Gasteiger partial charge in [-0.05, 0) is 55.9 Å². The SMILES string of the molecule is COc1cc(C)c(S(=O)(=O)N(C)C(CN)C2CC2)c(C)c1. The van der Waals surface area contributed by atoms with E-state index in [4.69, 9.17) is 10.5 Å². The van der Waals surface area contributed by atoms with Crippen LogP contribution in [0.15, 0.2) is 17.0 Å². The molecular formula is C15H24N2O3S. The molecule has 0 aromatic heterocycles. The smallest absolute Gasteiger partial charge is 0.243 e. The first-order chi connectivity index (χ1) is 9.82. The van der Waals surface area contributed by atoms with E-state index in [1.54, 1.807) is 40.1 Å². The van der Waals surface area contributed by atoms with Gasteiger partial charge in [0.1, 0.15) is 5.75 Å². The van der Waals surface area contributed by atoms with Crippen LogP contribution in [0.3, 0.4) is 0 Å². The fourth-order valence-corrected chi connectivity index (χ4v) is 4.71. The Morgan fingerprint density at radius 1 is 1.33 bits per heavy atom. The Morgan fingerprint density at radius 3 is 2.24 bits per heavy atom. The molecular weight excluding hydrogens is 288 g/mol. The number of methoxy groups -OCH3 is 1. The molecule has 118 valence electrons. The van der Waals surface area contributed by atoms with Crippen molar-refractivity contribution in [2.45, 2.75) is 37.6 Å². The van der Waals surface area contributed by atoms with Gasteiger partial charge in [-0.15, -0.1) is 0 Å². The zero-order valence-electron chi connectivity index (χ0n) is 13.1. The van der Waals surface area contributed by atoms with Gasteiger partial charge in [-0.25, -0.2) is 8.42 Å². The number of benzene rings is 1. The monoisotopic (exact) mass is 312 g/mol. The van der Waals surface area contributed by atoms with E-state index in [0.29, 0.717) is 34.2 Å². The van der Waals surface area contributed by atoms with Gasteiger partial charge < -0.3 is 10.5 Å². The minimum absolute atomic E-state index is 0.115. The minimum Gasteiger partial charge on any atom is -0.497 e. The van der Waals surface area contributed by atoms with Gasteiger partial charge in [0.2, 0.25) is 10.0 Å². The van der Waals surface area contributed by atoms with Crippen LogP contribution in [-0.2, 0) is 10.0 Å². The molecule has 0 aliphatic heterocycles. The van der Waals surface area contributed by atoms with Crippen LogP contribution in [0, 0.1) is 19.8 Å². The van der Waals surface area contributed by atoms with Crippen LogP contribution < -0.4 is 10.5 Å². The van der Waals surface area contributed by atoms with E-state index in [2.05, 4.69) is 0 Å². The van der Waals surface area contributed by atoms with Crippen LogP contribution in [0.1, 0.15) is 24.0 Å². The van der Waals surface area contributed by atoms with Crippen LogP contribution in [0.4, 0.5) is 0 Å². The minimum atomic E-state index is -3.54. The number of rotatable bonds is 6. The average Bonchev–Trinajstić information content (AvgIpc) is 3.22. The maximum absolute atomic E-state index is 12.9. The van der Waals surface area contributed by atoms with Gasteiger partial charge in [-0.3, -0.25) is 0 Å². The van der Waals surface area contributed by atoms with Crippen molar-refractivity contribution < 1.29 is 13.2 Å². The third-order valence-corrected chi connectivity index (χ3v) is 6.37. The second-order valence-electron chi connectivity index (χ2n) is 5.75. The molecule has 6 heteroatoms. The van der Waals surface area contributed by atoms with Crippen LogP contribution in [0.5, 0.6) is 5.75 Å². The molecule has 0 radical (unpaired) electrons. The highest BCUT2D eigenvalue weighted by atomic mass is 32.2. The summed E-state index contributed by atoms with van der Waals surface area (Å²) in [5, 5.41) is 0. The van der Waals surface area contributed by atoms with E-state index in [0.717, 1.165) is 12.8 Å². The number of likely N-dealkylation sites (N-methyl/N-ethyl adjacent to an activating group) is 1. The second-order valence-corrected chi connectivity index (χ2v) is 7.69. The Hall–Kier alpha value is -1.11. The molecule has 5 nitrogen and oxygen atoms in total. The van der Waals surface area contributed by atoms with Crippen molar-refractivity contribution in [2.75, 3.05) is 20.7 Å². The van der Waals surface area contributed by atoms with E-state index >= 15 is 0 Å². The molecule has 0 spiro atoms. The Labute approximate surface area is 127 Å². The molecule has 1 aromatic carbocycles. The lowest BCUT2D eigenvalue weighted by molar-refractivity contribution is 0.340. The van der Waals surface area contributed by atoms with E-state index in [9.17, 15) is 8.42 Å². The van der Waals surface area contributed by atoms with Crippen molar-refractivity contribution in [1.82, 2.24) is 4.31 Å². The summed E-state index contributed by atoms with van der Waals surface area (Å²) < 4.78 is 32.5. The average molecular weight is 312 g/mol. The van der Waals surface area contributed by atoms with Crippen molar-refractivity contribution in [2.24, 2.45) is 11.7 Å². The van der Waals surface area contributed by atoms with Gasteiger partial charge in [0.05, 0.1) is 12.0 Å². The molecule has 0 heterocycles. The molecule has 1 aliphatic carbocycles. The lowest BCUT2D eigenvalue weighted by Crippen LogP contribution is -2.43. The molecule has 1 fully saturated rings. The summed E-state index contributed by atoms with van der Waals surface area (Å²) >= 11 is 0. The maximum Gasteiger partial charge on any atom is 0.243 e. The van der Waals surface area contributed by atoms with Gasteiger partial charge in [-0.1, -0.05) is 0 Å². The van der Waals surface area contributed by atoms with E-state index in [-0.39, 0.29) is 6.04 Å². The molecule has 1 aliphatic rings. The second kappa shape index (κ2) is 5.94. The summed E-state index contributed by atoms with van der Waals surface area (Å²) in [4.78, 5) is 0.366. The first-order valence-electron chi connectivity index (χ1n) is 7.16. The molecule has 1 unspecified atom stereocenters. The quantitative estimate of drug-likeness (QED) is 0.867. The summed E-state index contributed by atoms with van der Waals surface area (Å²) in [6.07, 6.45) is 2.12. The number of nitrogens with zero attached hydrogens (tertiary/aromatic N) is 1. The third kappa shape index (κ3) is 3.07. The highest BCUT2D eigenvalue weighted by molar-refractivity contribution is 7.89. The maximum atomic E-state index is 12.9. The predicted molar refractivity (Wildman–Crippen MR) is 83.0 cm³/mol. The van der Waals surface area contributed by atoms with Gasteiger partial charge in [-0.2, -0.15) is 4.31 Å². The fourth-order valence-electron chi connectivity index (χ4n) is 2.88.